The Morgan fingerprint density at radius 2 is 2.12 bits per heavy atom. The summed E-state index contributed by atoms with van der Waals surface area (Å²) in [5, 5.41) is 33.0. The van der Waals surface area contributed by atoms with Gasteiger partial charge in [-0.2, -0.15) is 0 Å². The lowest BCUT2D eigenvalue weighted by atomic mass is 9.71. The van der Waals surface area contributed by atoms with Crippen LogP contribution in [0.4, 0.5) is 0 Å². The van der Waals surface area contributed by atoms with E-state index in [-0.39, 0.29) is 36.7 Å². The van der Waals surface area contributed by atoms with Gasteiger partial charge in [-0.3, -0.25) is 4.79 Å². The van der Waals surface area contributed by atoms with Gasteiger partial charge in [0.1, 0.15) is 12.7 Å². The Bertz CT molecular complexity index is 557. The fraction of sp³-hybridized carbons (Fsp3) is 0.778. The fourth-order valence-electron chi connectivity index (χ4n) is 4.14. The molecule has 132 valence electrons. The molecule has 0 aromatic heterocycles. The van der Waals surface area contributed by atoms with Gasteiger partial charge in [-0.25, -0.2) is 0 Å². The Labute approximate surface area is 141 Å². The minimum absolute atomic E-state index is 0.0651. The van der Waals surface area contributed by atoms with E-state index in [1.807, 2.05) is 0 Å². The molecule has 6 heteroatoms. The van der Waals surface area contributed by atoms with Crippen molar-refractivity contribution in [2.45, 2.75) is 57.2 Å². The van der Waals surface area contributed by atoms with Gasteiger partial charge in [0, 0.05) is 5.92 Å². The quantitative estimate of drug-likeness (QED) is 0.401. The molecule has 0 aromatic rings. The summed E-state index contributed by atoms with van der Waals surface area (Å²) < 4.78 is 0. The van der Waals surface area contributed by atoms with Gasteiger partial charge in [-0.1, -0.05) is 29.8 Å². The van der Waals surface area contributed by atoms with Gasteiger partial charge in [0.2, 0.25) is 0 Å². The minimum Gasteiger partial charge on any atom is -0.481 e. The van der Waals surface area contributed by atoms with E-state index in [1.165, 1.54) is 12.8 Å². The van der Waals surface area contributed by atoms with Crippen molar-refractivity contribution in [3.05, 3.63) is 0 Å². The smallest absolute Gasteiger partial charge is 0.306 e. The number of carboxylic acids is 1. The van der Waals surface area contributed by atoms with E-state index in [1.54, 1.807) is 0 Å². The largest absolute Gasteiger partial charge is 0.481 e. The number of nitrogens with zero attached hydrogens (tertiary/aromatic N) is 1. The molecule has 3 fully saturated rings. The molecular formula is C18H25NO5. The van der Waals surface area contributed by atoms with Crippen LogP contribution < -0.4 is 0 Å². The number of fused-ring (bicyclic) bond motifs is 1. The van der Waals surface area contributed by atoms with Crippen LogP contribution >= 0.6 is 0 Å². The number of rotatable bonds is 5. The number of oxime groups is 1. The van der Waals surface area contributed by atoms with Crippen molar-refractivity contribution in [3.63, 3.8) is 0 Å². The van der Waals surface area contributed by atoms with E-state index in [0.717, 1.165) is 25.0 Å². The van der Waals surface area contributed by atoms with E-state index in [2.05, 4.69) is 17.0 Å². The third kappa shape index (κ3) is 3.73. The highest BCUT2D eigenvalue weighted by Crippen LogP contribution is 2.48. The number of carboxylic acid groups (broad SMARTS) is 1. The van der Waals surface area contributed by atoms with Gasteiger partial charge < -0.3 is 20.2 Å². The van der Waals surface area contributed by atoms with Crippen molar-refractivity contribution in [2.75, 3.05) is 6.61 Å². The highest BCUT2D eigenvalue weighted by Gasteiger charge is 2.51. The molecule has 3 rings (SSSR count). The van der Waals surface area contributed by atoms with Gasteiger partial charge in [0.15, 0.2) is 0 Å². The Morgan fingerprint density at radius 1 is 1.38 bits per heavy atom. The van der Waals surface area contributed by atoms with Gasteiger partial charge in [-0.15, -0.1) is 0 Å². The number of aliphatic hydroxyl groups is 2. The van der Waals surface area contributed by atoms with Gasteiger partial charge >= 0.3 is 5.97 Å². The Balaban J connectivity index is 1.51. The molecule has 5 atom stereocenters. The number of hydrogen-bond donors (Lipinski definition) is 3. The summed E-state index contributed by atoms with van der Waals surface area (Å²) in [4.78, 5) is 15.5. The molecule has 3 aliphatic carbocycles. The first-order valence-corrected chi connectivity index (χ1v) is 8.84. The third-order valence-electron chi connectivity index (χ3n) is 5.59. The monoisotopic (exact) mass is 335 g/mol. The molecule has 3 aliphatic rings. The van der Waals surface area contributed by atoms with E-state index in [0.29, 0.717) is 6.42 Å². The number of aliphatic carboxylic acids is 1. The Hall–Kier alpha value is -1.58. The number of carbonyl (C=O) groups is 1. The van der Waals surface area contributed by atoms with Crippen LogP contribution in [-0.4, -0.2) is 45.8 Å². The van der Waals surface area contributed by atoms with Crippen LogP contribution in [0.1, 0.15) is 44.9 Å². The molecule has 3 N–H and O–H groups in total. The summed E-state index contributed by atoms with van der Waals surface area (Å²) in [7, 11) is 0. The predicted octanol–water partition coefficient (Wildman–Crippen LogP) is 1.41. The van der Waals surface area contributed by atoms with Gasteiger partial charge in [0.25, 0.3) is 0 Å². The Kier molecular flexibility index (Phi) is 5.42. The van der Waals surface area contributed by atoms with Crippen molar-refractivity contribution in [1.29, 1.82) is 0 Å². The molecule has 0 heterocycles. The highest BCUT2D eigenvalue weighted by atomic mass is 16.6. The van der Waals surface area contributed by atoms with E-state index in [9.17, 15) is 15.0 Å². The average molecular weight is 335 g/mol. The topological polar surface area (TPSA) is 99.4 Å². The fourth-order valence-corrected chi connectivity index (χ4v) is 4.14. The lowest BCUT2D eigenvalue weighted by Gasteiger charge is -2.33. The molecule has 6 nitrogen and oxygen atoms in total. The summed E-state index contributed by atoms with van der Waals surface area (Å²) >= 11 is 0. The zero-order valence-electron chi connectivity index (χ0n) is 13.7. The van der Waals surface area contributed by atoms with E-state index >= 15 is 0 Å². The SMILES string of the molecule is O=C(O)CCON=C1CC2C1CC(O)C2C#CC(O)C1CCCC1. The van der Waals surface area contributed by atoms with Crippen LogP contribution in [0.25, 0.3) is 0 Å². The minimum atomic E-state index is -0.908. The Morgan fingerprint density at radius 3 is 2.83 bits per heavy atom. The van der Waals surface area contributed by atoms with Crippen LogP contribution in [0.2, 0.25) is 0 Å². The van der Waals surface area contributed by atoms with Crippen molar-refractivity contribution in [3.8, 4) is 11.8 Å². The molecule has 3 saturated carbocycles. The normalized spacial score (nSPS) is 35.0. The average Bonchev–Trinajstić information content (AvgIpc) is 3.14. The molecule has 5 unspecified atom stereocenters. The van der Waals surface area contributed by atoms with Crippen LogP contribution in [0.3, 0.4) is 0 Å². The van der Waals surface area contributed by atoms with Crippen LogP contribution in [-0.2, 0) is 9.63 Å². The lowest BCUT2D eigenvalue weighted by molar-refractivity contribution is -0.138. The maximum absolute atomic E-state index is 10.4. The van der Waals surface area contributed by atoms with Gasteiger partial charge in [-0.05, 0) is 37.5 Å². The molecule has 0 aromatic carbocycles. The lowest BCUT2D eigenvalue weighted by Crippen LogP contribution is -2.36. The summed E-state index contributed by atoms with van der Waals surface area (Å²) in [6, 6.07) is 0. The van der Waals surface area contributed by atoms with Crippen molar-refractivity contribution < 1.29 is 25.0 Å². The van der Waals surface area contributed by atoms with Gasteiger partial charge in [0.05, 0.1) is 24.2 Å². The molecule has 0 bridgehead atoms. The first-order chi connectivity index (χ1) is 11.6. The first-order valence-electron chi connectivity index (χ1n) is 8.84. The van der Waals surface area contributed by atoms with E-state index in [4.69, 9.17) is 9.94 Å². The molecule has 0 saturated heterocycles. The highest BCUT2D eigenvalue weighted by molar-refractivity contribution is 5.93. The number of hydrogen-bond acceptors (Lipinski definition) is 5. The summed E-state index contributed by atoms with van der Waals surface area (Å²) in [6.45, 7) is 0.0651. The summed E-state index contributed by atoms with van der Waals surface area (Å²) in [6.07, 6.45) is 4.63. The first kappa shape index (κ1) is 17.2. The van der Waals surface area contributed by atoms with Crippen molar-refractivity contribution in [1.82, 2.24) is 0 Å². The van der Waals surface area contributed by atoms with Crippen molar-refractivity contribution in [2.24, 2.45) is 28.8 Å². The van der Waals surface area contributed by atoms with Crippen LogP contribution in [0.5, 0.6) is 0 Å². The summed E-state index contributed by atoms with van der Waals surface area (Å²) in [5.74, 6) is 5.80. The summed E-state index contributed by atoms with van der Waals surface area (Å²) in [5.41, 5.74) is 0.894. The maximum Gasteiger partial charge on any atom is 0.306 e. The number of aliphatic hydroxyl groups excluding tert-OH is 2. The third-order valence-corrected chi connectivity index (χ3v) is 5.59. The van der Waals surface area contributed by atoms with Crippen molar-refractivity contribution >= 4 is 11.7 Å². The molecule has 0 radical (unpaired) electrons. The molecule has 24 heavy (non-hydrogen) atoms. The molecule has 0 aliphatic heterocycles. The molecular weight excluding hydrogens is 310 g/mol. The standard InChI is InChI=1S/C18H25NO5/c20-16(11-3-1-2-4-11)6-5-12-13-9-15(14(13)10-17(12)21)19-24-8-7-18(22)23/h11-14,16-17,20-21H,1-4,7-10H2,(H,22,23). The zero-order chi connectivity index (χ0) is 17.1. The molecule has 0 spiro atoms. The second kappa shape index (κ2) is 7.54. The maximum atomic E-state index is 10.4. The van der Waals surface area contributed by atoms with Crippen LogP contribution in [0, 0.1) is 35.5 Å². The second-order valence-corrected chi connectivity index (χ2v) is 7.14. The van der Waals surface area contributed by atoms with E-state index < -0.39 is 18.2 Å². The zero-order valence-corrected chi connectivity index (χ0v) is 13.7. The predicted molar refractivity (Wildman–Crippen MR) is 87.1 cm³/mol. The second-order valence-electron chi connectivity index (χ2n) is 7.14. The van der Waals surface area contributed by atoms with Crippen LogP contribution in [0.15, 0.2) is 5.16 Å². The molecule has 0 amide bonds.